The van der Waals surface area contributed by atoms with E-state index >= 15 is 0 Å². The van der Waals surface area contributed by atoms with Crippen LogP contribution in [0.4, 0.5) is 11.4 Å². The predicted molar refractivity (Wildman–Crippen MR) is 122 cm³/mol. The molecule has 1 unspecified atom stereocenters. The normalized spacial score (nSPS) is 18.7. The summed E-state index contributed by atoms with van der Waals surface area (Å²) in [5, 5.41) is 1.93. The fourth-order valence-electron chi connectivity index (χ4n) is 4.39. The first-order valence-corrected chi connectivity index (χ1v) is 12.0. The van der Waals surface area contributed by atoms with Gasteiger partial charge in [0.15, 0.2) is 0 Å². The number of sulfonamides is 1. The van der Waals surface area contributed by atoms with Crippen molar-refractivity contribution in [3.63, 3.8) is 0 Å². The van der Waals surface area contributed by atoms with E-state index in [0.717, 1.165) is 35.0 Å². The van der Waals surface area contributed by atoms with Crippen LogP contribution in [0.1, 0.15) is 30.7 Å². The van der Waals surface area contributed by atoms with Crippen LogP contribution in [0, 0.1) is 0 Å². The molecule has 1 atom stereocenters. The molecule has 3 aromatic rings. The lowest BCUT2D eigenvalue weighted by atomic mass is 9.97. The second-order valence-electron chi connectivity index (χ2n) is 8.11. The van der Waals surface area contributed by atoms with Crippen molar-refractivity contribution in [3.8, 4) is 0 Å². The molecule has 1 fully saturated rings. The maximum atomic E-state index is 13.0. The number of hydrogen-bond acceptors (Lipinski definition) is 4. The zero-order chi connectivity index (χ0) is 20.6. The number of fused-ring (bicyclic) bond motifs is 2. The zero-order valence-electron chi connectivity index (χ0n) is 16.8. The van der Waals surface area contributed by atoms with Gasteiger partial charge in [-0.05, 0) is 85.6 Å². The molecule has 0 amide bonds. The van der Waals surface area contributed by atoms with E-state index in [4.69, 9.17) is 0 Å². The van der Waals surface area contributed by atoms with Gasteiger partial charge >= 0.3 is 0 Å². The highest BCUT2D eigenvalue weighted by Crippen LogP contribution is 2.36. The number of aliphatic imine (C=N–C) groups is 1. The summed E-state index contributed by atoms with van der Waals surface area (Å²) >= 11 is 0. The lowest BCUT2D eigenvalue weighted by Crippen LogP contribution is -2.22. The molecule has 0 bridgehead atoms. The predicted octanol–water partition coefficient (Wildman–Crippen LogP) is 4.93. The maximum Gasteiger partial charge on any atom is 0.261 e. The second-order valence-corrected chi connectivity index (χ2v) is 9.79. The SMILES string of the molecule is O=S(=O)(Nc1ccc2c(c1)C(CCN1CCCC1)C=N2)c1ccc2ccccc2c1. The minimum absolute atomic E-state index is 0.241. The topological polar surface area (TPSA) is 61.8 Å². The molecule has 0 aromatic heterocycles. The molecule has 2 heterocycles. The third kappa shape index (κ3) is 3.85. The van der Waals surface area contributed by atoms with Crippen molar-refractivity contribution in [1.82, 2.24) is 4.90 Å². The largest absolute Gasteiger partial charge is 0.303 e. The molecule has 6 heteroatoms. The van der Waals surface area contributed by atoms with Crippen LogP contribution >= 0.6 is 0 Å². The Bertz CT molecular complexity index is 1210. The third-order valence-corrected chi connectivity index (χ3v) is 7.44. The first kappa shape index (κ1) is 19.3. The number of benzene rings is 3. The number of hydrogen-bond donors (Lipinski definition) is 1. The van der Waals surface area contributed by atoms with Crippen LogP contribution in [-0.4, -0.2) is 39.2 Å². The Hall–Kier alpha value is -2.70. The van der Waals surface area contributed by atoms with E-state index < -0.39 is 10.0 Å². The number of rotatable bonds is 6. The molecule has 154 valence electrons. The third-order valence-electron chi connectivity index (χ3n) is 6.06. The Morgan fingerprint density at radius 2 is 1.77 bits per heavy atom. The summed E-state index contributed by atoms with van der Waals surface area (Å²) in [6.07, 6.45) is 5.59. The van der Waals surface area contributed by atoms with E-state index in [1.165, 1.54) is 25.9 Å². The van der Waals surface area contributed by atoms with Crippen molar-refractivity contribution in [2.45, 2.75) is 30.1 Å². The van der Waals surface area contributed by atoms with Crippen LogP contribution < -0.4 is 4.72 Å². The summed E-state index contributed by atoms with van der Waals surface area (Å²) in [6, 6.07) is 18.6. The van der Waals surface area contributed by atoms with E-state index in [2.05, 4.69) is 14.6 Å². The van der Waals surface area contributed by atoms with Gasteiger partial charge in [0.25, 0.3) is 10.0 Å². The lowest BCUT2D eigenvalue weighted by Gasteiger charge is -2.17. The summed E-state index contributed by atoms with van der Waals surface area (Å²) < 4.78 is 28.7. The quantitative estimate of drug-likeness (QED) is 0.616. The molecule has 1 saturated heterocycles. The molecule has 1 N–H and O–H groups in total. The van der Waals surface area contributed by atoms with E-state index in [1.54, 1.807) is 18.2 Å². The van der Waals surface area contributed by atoms with E-state index in [9.17, 15) is 8.42 Å². The van der Waals surface area contributed by atoms with Gasteiger partial charge in [-0.3, -0.25) is 9.71 Å². The van der Waals surface area contributed by atoms with Crippen LogP contribution in [0.15, 0.2) is 70.6 Å². The van der Waals surface area contributed by atoms with E-state index in [-0.39, 0.29) is 10.8 Å². The Morgan fingerprint density at radius 1 is 0.967 bits per heavy atom. The molecule has 2 aliphatic rings. The summed E-state index contributed by atoms with van der Waals surface area (Å²) in [7, 11) is -3.66. The van der Waals surface area contributed by atoms with Gasteiger partial charge in [-0.1, -0.05) is 30.3 Å². The van der Waals surface area contributed by atoms with Gasteiger partial charge in [0.2, 0.25) is 0 Å². The summed E-state index contributed by atoms with van der Waals surface area (Å²) in [5.41, 5.74) is 2.63. The number of nitrogens with zero attached hydrogens (tertiary/aromatic N) is 2. The van der Waals surface area contributed by atoms with Crippen LogP contribution in [0.2, 0.25) is 0 Å². The molecule has 5 rings (SSSR count). The van der Waals surface area contributed by atoms with Gasteiger partial charge in [0, 0.05) is 17.8 Å². The van der Waals surface area contributed by atoms with E-state index in [1.807, 2.05) is 48.7 Å². The van der Waals surface area contributed by atoms with Gasteiger partial charge < -0.3 is 4.90 Å². The van der Waals surface area contributed by atoms with Gasteiger partial charge in [-0.2, -0.15) is 0 Å². The first-order valence-electron chi connectivity index (χ1n) is 10.5. The molecule has 5 nitrogen and oxygen atoms in total. The Kier molecular flexibility index (Phi) is 5.05. The maximum absolute atomic E-state index is 13.0. The first-order chi connectivity index (χ1) is 14.6. The smallest absolute Gasteiger partial charge is 0.261 e. The van der Waals surface area contributed by atoms with Crippen LogP contribution in [-0.2, 0) is 10.0 Å². The Morgan fingerprint density at radius 3 is 2.60 bits per heavy atom. The molecular weight excluding hydrogens is 394 g/mol. The van der Waals surface area contributed by atoms with Crippen molar-refractivity contribution in [2.24, 2.45) is 4.99 Å². The molecule has 0 radical (unpaired) electrons. The monoisotopic (exact) mass is 419 g/mol. The van der Waals surface area contributed by atoms with E-state index in [0.29, 0.717) is 5.69 Å². The Labute approximate surface area is 177 Å². The van der Waals surface area contributed by atoms with Crippen molar-refractivity contribution >= 4 is 38.4 Å². The van der Waals surface area contributed by atoms with Crippen molar-refractivity contribution < 1.29 is 8.42 Å². The average molecular weight is 420 g/mol. The van der Waals surface area contributed by atoms with Gasteiger partial charge in [0.05, 0.1) is 10.6 Å². The van der Waals surface area contributed by atoms with Gasteiger partial charge in [-0.25, -0.2) is 8.42 Å². The number of likely N-dealkylation sites (tertiary alicyclic amines) is 1. The standard InChI is InChI=1S/C24H25N3O2S/c28-30(29,22-9-7-18-5-1-2-6-19(18)15-22)26-21-8-10-24-23(16-21)20(17-25-24)11-14-27-12-3-4-13-27/h1-2,5-10,15-17,20,26H,3-4,11-14H2. The zero-order valence-corrected chi connectivity index (χ0v) is 17.6. The molecule has 3 aromatic carbocycles. The number of anilines is 1. The molecule has 30 heavy (non-hydrogen) atoms. The summed E-state index contributed by atoms with van der Waals surface area (Å²) in [4.78, 5) is 7.30. The van der Waals surface area contributed by atoms with Crippen LogP contribution in [0.25, 0.3) is 10.8 Å². The van der Waals surface area contributed by atoms with Crippen molar-refractivity contribution in [1.29, 1.82) is 0 Å². The highest BCUT2D eigenvalue weighted by molar-refractivity contribution is 7.92. The summed E-state index contributed by atoms with van der Waals surface area (Å²) in [5.74, 6) is 0.241. The minimum Gasteiger partial charge on any atom is -0.303 e. The molecular formula is C24H25N3O2S. The van der Waals surface area contributed by atoms with Crippen molar-refractivity contribution in [2.75, 3.05) is 24.4 Å². The lowest BCUT2D eigenvalue weighted by molar-refractivity contribution is 0.331. The highest BCUT2D eigenvalue weighted by atomic mass is 32.2. The fourth-order valence-corrected chi connectivity index (χ4v) is 5.47. The molecule has 0 spiro atoms. The van der Waals surface area contributed by atoms with Gasteiger partial charge in [0.1, 0.15) is 0 Å². The Balaban J connectivity index is 1.35. The van der Waals surface area contributed by atoms with Gasteiger partial charge in [-0.15, -0.1) is 0 Å². The molecule has 0 aliphatic carbocycles. The van der Waals surface area contributed by atoms with Crippen molar-refractivity contribution in [3.05, 3.63) is 66.2 Å². The fraction of sp³-hybridized carbons (Fsp3) is 0.292. The summed E-state index contributed by atoms with van der Waals surface area (Å²) in [6.45, 7) is 3.42. The molecule has 0 saturated carbocycles. The van der Waals surface area contributed by atoms with Crippen LogP contribution in [0.5, 0.6) is 0 Å². The highest BCUT2D eigenvalue weighted by Gasteiger charge is 2.22. The second kappa shape index (κ2) is 7.85. The van der Waals surface area contributed by atoms with Crippen LogP contribution in [0.3, 0.4) is 0 Å². The average Bonchev–Trinajstić information content (AvgIpc) is 3.41. The minimum atomic E-state index is -3.66. The molecule has 2 aliphatic heterocycles. The number of nitrogens with one attached hydrogen (secondary N) is 1.